The number of Topliss-reactive ketones (excluding diaryl/α,β-unsaturated/α-hetero) is 1. The molecule has 2 aromatic heterocycles. The van der Waals surface area contributed by atoms with E-state index in [1.165, 1.54) is 18.3 Å². The van der Waals surface area contributed by atoms with Gasteiger partial charge in [0.15, 0.2) is 11.6 Å². The second-order valence-corrected chi connectivity index (χ2v) is 3.55. The first kappa shape index (κ1) is 11.6. The first-order valence-corrected chi connectivity index (χ1v) is 4.70. The number of fused-ring (bicyclic) bond motifs is 1. The first-order chi connectivity index (χ1) is 7.84. The number of hydrogen-bond donors (Lipinski definition) is 0. The molecule has 0 atom stereocenters. The molecule has 0 saturated carbocycles. The Morgan fingerprint density at radius 1 is 1.29 bits per heavy atom. The van der Waals surface area contributed by atoms with Gasteiger partial charge < -0.3 is 4.40 Å². The van der Waals surface area contributed by atoms with Gasteiger partial charge in [-0.15, -0.1) is 0 Å². The maximum atomic E-state index is 13.7. The number of nitrogens with zero attached hydrogens (tertiary/aromatic N) is 1. The Morgan fingerprint density at radius 2 is 1.94 bits per heavy atom. The fourth-order valence-electron chi connectivity index (χ4n) is 1.77. The van der Waals surface area contributed by atoms with E-state index in [4.69, 9.17) is 0 Å². The van der Waals surface area contributed by atoms with Gasteiger partial charge in [-0.3, -0.25) is 4.79 Å². The molecule has 2 aromatic rings. The highest BCUT2D eigenvalue weighted by Crippen LogP contribution is 2.37. The van der Waals surface area contributed by atoms with Crippen LogP contribution in [0.15, 0.2) is 24.4 Å². The Labute approximate surface area is 93.5 Å². The van der Waals surface area contributed by atoms with Crippen molar-refractivity contribution >= 4 is 11.3 Å². The van der Waals surface area contributed by atoms with E-state index in [9.17, 15) is 22.4 Å². The van der Waals surface area contributed by atoms with E-state index >= 15 is 0 Å². The summed E-state index contributed by atoms with van der Waals surface area (Å²) in [4.78, 5) is 11.2. The molecule has 0 spiro atoms. The molecule has 2 rings (SSSR count). The predicted octanol–water partition coefficient (Wildman–Crippen LogP) is 3.30. The SMILES string of the molecule is CC(=O)c1c(F)c(C(F)(F)F)c2ccccn12. The van der Waals surface area contributed by atoms with Crippen LogP contribution >= 0.6 is 0 Å². The molecule has 6 heteroatoms. The molecule has 0 radical (unpaired) electrons. The molecule has 0 bridgehead atoms. The van der Waals surface area contributed by atoms with Crippen molar-refractivity contribution in [2.75, 3.05) is 0 Å². The van der Waals surface area contributed by atoms with E-state index < -0.39 is 29.0 Å². The Balaban J connectivity index is 2.95. The van der Waals surface area contributed by atoms with Gasteiger partial charge in [-0.2, -0.15) is 13.2 Å². The van der Waals surface area contributed by atoms with Crippen LogP contribution in [0.25, 0.3) is 5.52 Å². The van der Waals surface area contributed by atoms with Crippen LogP contribution in [0.4, 0.5) is 17.6 Å². The largest absolute Gasteiger partial charge is 0.421 e. The van der Waals surface area contributed by atoms with E-state index in [1.807, 2.05) is 0 Å². The Kier molecular flexibility index (Phi) is 2.45. The number of hydrogen-bond acceptors (Lipinski definition) is 1. The zero-order valence-corrected chi connectivity index (χ0v) is 8.68. The van der Waals surface area contributed by atoms with Crippen LogP contribution in [-0.4, -0.2) is 10.2 Å². The molecule has 0 N–H and O–H groups in total. The van der Waals surface area contributed by atoms with Crippen molar-refractivity contribution in [3.05, 3.63) is 41.5 Å². The Bertz CT molecular complexity index is 597. The van der Waals surface area contributed by atoms with Crippen molar-refractivity contribution < 1.29 is 22.4 Å². The highest BCUT2D eigenvalue weighted by molar-refractivity contribution is 5.95. The van der Waals surface area contributed by atoms with E-state index in [-0.39, 0.29) is 5.52 Å². The summed E-state index contributed by atoms with van der Waals surface area (Å²) in [6.07, 6.45) is -3.60. The number of carbonyl (C=O) groups excluding carboxylic acids is 1. The molecule has 0 fully saturated rings. The fourth-order valence-corrected chi connectivity index (χ4v) is 1.77. The van der Waals surface area contributed by atoms with Gasteiger partial charge in [0.05, 0.1) is 5.52 Å². The standard InChI is InChI=1S/C11H7F4NO/c1-6(17)10-9(12)8(11(13,14)15)7-4-2-3-5-16(7)10/h2-5H,1H3. The van der Waals surface area contributed by atoms with Crippen LogP contribution in [0.5, 0.6) is 0 Å². The quantitative estimate of drug-likeness (QED) is 0.558. The molecule has 0 aliphatic rings. The van der Waals surface area contributed by atoms with Crippen LogP contribution in [0.2, 0.25) is 0 Å². The van der Waals surface area contributed by atoms with E-state index in [0.29, 0.717) is 0 Å². The topological polar surface area (TPSA) is 21.5 Å². The van der Waals surface area contributed by atoms with E-state index in [2.05, 4.69) is 0 Å². The summed E-state index contributed by atoms with van der Waals surface area (Å²) in [6, 6.07) is 3.91. The minimum absolute atomic E-state index is 0.359. The number of ketones is 1. The van der Waals surface area contributed by atoms with Gasteiger partial charge in [-0.25, -0.2) is 4.39 Å². The molecule has 0 amide bonds. The van der Waals surface area contributed by atoms with Crippen molar-refractivity contribution in [2.45, 2.75) is 13.1 Å². The number of carbonyl (C=O) groups is 1. The summed E-state index contributed by atoms with van der Waals surface area (Å²) in [5.74, 6) is -2.27. The zero-order valence-electron chi connectivity index (χ0n) is 8.68. The number of pyridine rings is 1. The first-order valence-electron chi connectivity index (χ1n) is 4.70. The lowest BCUT2D eigenvalue weighted by atomic mass is 10.2. The number of rotatable bonds is 1. The maximum absolute atomic E-state index is 13.7. The van der Waals surface area contributed by atoms with E-state index in [0.717, 1.165) is 17.4 Å². The molecule has 2 heterocycles. The molecule has 17 heavy (non-hydrogen) atoms. The van der Waals surface area contributed by atoms with Crippen LogP contribution in [-0.2, 0) is 6.18 Å². The molecule has 90 valence electrons. The number of aromatic nitrogens is 1. The van der Waals surface area contributed by atoms with Crippen molar-refractivity contribution in [1.82, 2.24) is 4.40 Å². The normalized spacial score (nSPS) is 12.1. The van der Waals surface area contributed by atoms with Gasteiger partial charge >= 0.3 is 6.18 Å². The van der Waals surface area contributed by atoms with Gasteiger partial charge in [0.2, 0.25) is 0 Å². The van der Waals surface area contributed by atoms with Crippen LogP contribution in [0, 0.1) is 5.82 Å². The summed E-state index contributed by atoms with van der Waals surface area (Å²) >= 11 is 0. The third kappa shape index (κ3) is 1.69. The average molecular weight is 245 g/mol. The average Bonchev–Trinajstić information content (AvgIpc) is 2.48. The predicted molar refractivity (Wildman–Crippen MR) is 52.4 cm³/mol. The molecule has 2 nitrogen and oxygen atoms in total. The van der Waals surface area contributed by atoms with Crippen molar-refractivity contribution in [3.63, 3.8) is 0 Å². The van der Waals surface area contributed by atoms with Gasteiger partial charge in [-0.05, 0) is 12.1 Å². The second kappa shape index (κ2) is 3.58. The lowest BCUT2D eigenvalue weighted by Gasteiger charge is -2.04. The molecule has 0 aliphatic heterocycles. The smallest absolute Gasteiger partial charge is 0.311 e. The minimum Gasteiger partial charge on any atom is -0.311 e. The van der Waals surface area contributed by atoms with Crippen molar-refractivity contribution in [2.24, 2.45) is 0 Å². The number of halogens is 4. The second-order valence-electron chi connectivity index (χ2n) is 3.55. The summed E-state index contributed by atoms with van der Waals surface area (Å²) in [5, 5.41) is 0. The third-order valence-corrected chi connectivity index (χ3v) is 2.40. The molecular weight excluding hydrogens is 238 g/mol. The van der Waals surface area contributed by atoms with Crippen LogP contribution < -0.4 is 0 Å². The maximum Gasteiger partial charge on any atom is 0.421 e. The lowest BCUT2D eigenvalue weighted by Crippen LogP contribution is -2.07. The van der Waals surface area contributed by atoms with Crippen LogP contribution in [0.3, 0.4) is 0 Å². The molecular formula is C11H7F4NO. The van der Waals surface area contributed by atoms with Gasteiger partial charge in [0.25, 0.3) is 0 Å². The minimum atomic E-state index is -4.83. The zero-order chi connectivity index (χ0) is 12.8. The molecule has 0 aromatic carbocycles. The fraction of sp³-hybridized carbons (Fsp3) is 0.182. The monoisotopic (exact) mass is 245 g/mol. The molecule has 0 aliphatic carbocycles. The Morgan fingerprint density at radius 3 is 2.47 bits per heavy atom. The summed E-state index contributed by atoms with van der Waals surface area (Å²) in [7, 11) is 0. The third-order valence-electron chi connectivity index (χ3n) is 2.40. The summed E-state index contributed by atoms with van der Waals surface area (Å²) in [5.41, 5.74) is -2.33. The molecule has 0 unspecified atom stereocenters. The van der Waals surface area contributed by atoms with E-state index in [1.54, 1.807) is 0 Å². The van der Waals surface area contributed by atoms with Gasteiger partial charge in [0, 0.05) is 13.1 Å². The lowest BCUT2D eigenvalue weighted by molar-refractivity contribution is -0.138. The summed E-state index contributed by atoms with van der Waals surface area (Å²) in [6.45, 7) is 1.03. The van der Waals surface area contributed by atoms with Crippen molar-refractivity contribution in [3.8, 4) is 0 Å². The van der Waals surface area contributed by atoms with Crippen molar-refractivity contribution in [1.29, 1.82) is 0 Å². The summed E-state index contributed by atoms with van der Waals surface area (Å²) < 4.78 is 52.7. The highest BCUT2D eigenvalue weighted by atomic mass is 19.4. The van der Waals surface area contributed by atoms with Crippen LogP contribution in [0.1, 0.15) is 23.0 Å². The highest BCUT2D eigenvalue weighted by Gasteiger charge is 2.40. The van der Waals surface area contributed by atoms with Gasteiger partial charge in [0.1, 0.15) is 11.3 Å². The molecule has 0 saturated heterocycles. The van der Waals surface area contributed by atoms with Gasteiger partial charge in [-0.1, -0.05) is 6.07 Å². The number of alkyl halides is 3. The Hall–Kier alpha value is -1.85.